The van der Waals surface area contributed by atoms with Gasteiger partial charge in [-0.05, 0) is 12.8 Å². The molecule has 0 rings (SSSR count). The molecule has 0 saturated heterocycles. The summed E-state index contributed by atoms with van der Waals surface area (Å²) in [6.07, 6.45) is 18.4. The number of hydrogen-bond acceptors (Lipinski definition) is 2. The molecule has 3 N–H and O–H groups in total. The fourth-order valence-electron chi connectivity index (χ4n) is 2.94. The molecule has 0 amide bonds. The SMILES string of the molecule is O=P(O)(O)CCCCCCCCCCCCCCCCCNC(=S)S. The molecule has 0 aromatic rings. The van der Waals surface area contributed by atoms with Crippen molar-refractivity contribution in [3.8, 4) is 0 Å². The molecule has 0 heterocycles. The van der Waals surface area contributed by atoms with Crippen LogP contribution in [0.3, 0.4) is 0 Å². The maximum atomic E-state index is 10.7. The van der Waals surface area contributed by atoms with E-state index in [2.05, 4.69) is 17.9 Å². The fourth-order valence-corrected chi connectivity index (χ4v) is 3.79. The van der Waals surface area contributed by atoms with Gasteiger partial charge in [-0.3, -0.25) is 4.57 Å². The van der Waals surface area contributed by atoms with E-state index in [-0.39, 0.29) is 6.16 Å². The van der Waals surface area contributed by atoms with Crippen LogP contribution in [0.1, 0.15) is 96.3 Å². The molecule has 0 atom stereocenters. The molecular weight excluding hydrogens is 373 g/mol. The first-order chi connectivity index (χ1) is 11.9. The minimum atomic E-state index is -3.77. The molecule has 0 aliphatic carbocycles. The van der Waals surface area contributed by atoms with Crippen LogP contribution in [-0.4, -0.2) is 26.8 Å². The van der Waals surface area contributed by atoms with Gasteiger partial charge in [0.2, 0.25) is 0 Å². The topological polar surface area (TPSA) is 69.6 Å². The van der Waals surface area contributed by atoms with E-state index in [0.29, 0.717) is 10.7 Å². The third-order valence-electron chi connectivity index (χ3n) is 4.40. The highest BCUT2D eigenvalue weighted by molar-refractivity contribution is 8.11. The van der Waals surface area contributed by atoms with Gasteiger partial charge in [-0.1, -0.05) is 95.7 Å². The smallest absolute Gasteiger partial charge is 0.325 e. The van der Waals surface area contributed by atoms with E-state index >= 15 is 0 Å². The van der Waals surface area contributed by atoms with Gasteiger partial charge in [0.1, 0.15) is 4.32 Å². The van der Waals surface area contributed by atoms with Crippen molar-refractivity contribution >= 4 is 36.8 Å². The van der Waals surface area contributed by atoms with Crippen molar-refractivity contribution in [2.24, 2.45) is 0 Å². The van der Waals surface area contributed by atoms with Crippen molar-refractivity contribution in [3.05, 3.63) is 0 Å². The molecule has 0 unspecified atom stereocenters. The highest BCUT2D eigenvalue weighted by Gasteiger charge is 2.10. The Hall–Kier alpha value is 0.390. The van der Waals surface area contributed by atoms with Gasteiger partial charge in [-0.25, -0.2) is 0 Å². The molecule has 0 aliphatic heterocycles. The summed E-state index contributed by atoms with van der Waals surface area (Å²) >= 11 is 8.88. The maximum absolute atomic E-state index is 10.7. The van der Waals surface area contributed by atoms with Crippen molar-refractivity contribution in [3.63, 3.8) is 0 Å². The average molecular weight is 412 g/mol. The monoisotopic (exact) mass is 411 g/mol. The predicted molar refractivity (Wildman–Crippen MR) is 116 cm³/mol. The first kappa shape index (κ1) is 25.4. The van der Waals surface area contributed by atoms with E-state index in [1.807, 2.05) is 0 Å². The molecular formula is C18H38NO3PS2. The second-order valence-corrected chi connectivity index (χ2v) is 9.86. The second kappa shape index (κ2) is 17.8. The zero-order valence-electron chi connectivity index (χ0n) is 15.6. The molecule has 0 aliphatic rings. The van der Waals surface area contributed by atoms with E-state index in [1.165, 1.54) is 77.0 Å². The summed E-state index contributed by atoms with van der Waals surface area (Å²) in [6, 6.07) is 0. The zero-order valence-corrected chi connectivity index (χ0v) is 18.2. The van der Waals surface area contributed by atoms with Gasteiger partial charge in [-0.15, -0.1) is 12.6 Å². The van der Waals surface area contributed by atoms with E-state index in [0.717, 1.165) is 19.4 Å². The van der Waals surface area contributed by atoms with Crippen LogP contribution in [0.4, 0.5) is 0 Å². The van der Waals surface area contributed by atoms with Crippen LogP contribution in [-0.2, 0) is 4.57 Å². The van der Waals surface area contributed by atoms with Crippen molar-refractivity contribution in [2.75, 3.05) is 12.7 Å². The van der Waals surface area contributed by atoms with Crippen LogP contribution in [0.2, 0.25) is 0 Å². The number of hydrogen-bond donors (Lipinski definition) is 4. The van der Waals surface area contributed by atoms with Gasteiger partial charge in [0, 0.05) is 12.7 Å². The fraction of sp³-hybridized carbons (Fsp3) is 0.944. The van der Waals surface area contributed by atoms with Gasteiger partial charge in [0.15, 0.2) is 0 Å². The summed E-state index contributed by atoms with van der Waals surface area (Å²) in [7, 11) is -3.77. The Balaban J connectivity index is 3.05. The lowest BCUT2D eigenvalue weighted by molar-refractivity contribution is 0.370. The number of unbranched alkanes of at least 4 members (excludes halogenated alkanes) is 14. The van der Waals surface area contributed by atoms with Gasteiger partial charge < -0.3 is 15.1 Å². The molecule has 25 heavy (non-hydrogen) atoms. The highest BCUT2D eigenvalue weighted by Crippen LogP contribution is 2.35. The summed E-state index contributed by atoms with van der Waals surface area (Å²) < 4.78 is 11.3. The third kappa shape index (κ3) is 24.4. The van der Waals surface area contributed by atoms with Crippen LogP contribution >= 0.6 is 32.4 Å². The van der Waals surface area contributed by atoms with Crippen molar-refractivity contribution in [1.29, 1.82) is 0 Å². The largest absolute Gasteiger partial charge is 0.371 e. The molecule has 0 aromatic carbocycles. The molecule has 0 aromatic heterocycles. The van der Waals surface area contributed by atoms with Crippen LogP contribution in [0, 0.1) is 0 Å². The first-order valence-electron chi connectivity index (χ1n) is 9.93. The maximum Gasteiger partial charge on any atom is 0.325 e. The normalized spacial score (nSPS) is 11.6. The minimum Gasteiger partial charge on any atom is -0.371 e. The van der Waals surface area contributed by atoms with E-state index in [4.69, 9.17) is 22.0 Å². The lowest BCUT2D eigenvalue weighted by Crippen LogP contribution is -2.17. The van der Waals surface area contributed by atoms with Crippen LogP contribution < -0.4 is 5.32 Å². The molecule has 0 saturated carbocycles. The summed E-state index contributed by atoms with van der Waals surface area (Å²) in [6.45, 7) is 0.950. The Bertz CT molecular complexity index is 364. The molecule has 0 spiro atoms. The van der Waals surface area contributed by atoms with Crippen LogP contribution in [0.15, 0.2) is 0 Å². The quantitative estimate of drug-likeness (QED) is 0.0990. The number of thiocarbonyl (C=S) groups is 1. The van der Waals surface area contributed by atoms with E-state index in [1.54, 1.807) is 0 Å². The molecule has 4 nitrogen and oxygen atoms in total. The molecule has 0 fully saturated rings. The van der Waals surface area contributed by atoms with Crippen LogP contribution in [0.5, 0.6) is 0 Å². The third-order valence-corrected chi connectivity index (χ3v) is 5.60. The van der Waals surface area contributed by atoms with Gasteiger partial charge in [-0.2, -0.15) is 0 Å². The van der Waals surface area contributed by atoms with Gasteiger partial charge >= 0.3 is 7.60 Å². The Morgan fingerprint density at radius 2 is 1.04 bits per heavy atom. The number of thiol groups is 1. The zero-order chi connectivity index (χ0) is 18.8. The molecule has 7 heteroatoms. The van der Waals surface area contributed by atoms with Crippen LogP contribution in [0.25, 0.3) is 0 Å². The lowest BCUT2D eigenvalue weighted by Gasteiger charge is -2.05. The molecule has 150 valence electrons. The number of rotatable bonds is 18. The van der Waals surface area contributed by atoms with Crippen molar-refractivity contribution < 1.29 is 14.4 Å². The summed E-state index contributed by atoms with van der Waals surface area (Å²) in [4.78, 5) is 17.5. The highest BCUT2D eigenvalue weighted by atomic mass is 32.1. The predicted octanol–water partition coefficient (Wildman–Crippen LogP) is 5.82. The van der Waals surface area contributed by atoms with E-state index < -0.39 is 7.60 Å². The summed E-state index contributed by atoms with van der Waals surface area (Å²) in [5.41, 5.74) is 0. The standard InChI is InChI=1S/C18H38NO3PS2/c20-23(21,22)17-15-13-11-9-7-5-3-1-2-4-6-8-10-12-14-16-19-18(24)25/h1-17H2,(H2,19,24,25)(H2,20,21,22). The Labute approximate surface area is 165 Å². The molecule has 0 radical (unpaired) electrons. The summed E-state index contributed by atoms with van der Waals surface area (Å²) in [5.74, 6) is 0. The second-order valence-electron chi connectivity index (χ2n) is 6.92. The van der Waals surface area contributed by atoms with Crippen molar-refractivity contribution in [1.82, 2.24) is 5.32 Å². The Morgan fingerprint density at radius 1 is 0.720 bits per heavy atom. The van der Waals surface area contributed by atoms with Gasteiger partial charge in [0.05, 0.1) is 0 Å². The average Bonchev–Trinajstić information content (AvgIpc) is 2.52. The van der Waals surface area contributed by atoms with Gasteiger partial charge in [0.25, 0.3) is 0 Å². The Morgan fingerprint density at radius 3 is 1.36 bits per heavy atom. The molecule has 0 bridgehead atoms. The summed E-state index contributed by atoms with van der Waals surface area (Å²) in [5, 5.41) is 3.07. The van der Waals surface area contributed by atoms with Crippen molar-refractivity contribution in [2.45, 2.75) is 96.3 Å². The Kier molecular flexibility index (Phi) is 18.1. The lowest BCUT2D eigenvalue weighted by atomic mass is 10.0. The first-order valence-corrected chi connectivity index (χ1v) is 12.6. The minimum absolute atomic E-state index is 0.0492. The number of nitrogens with one attached hydrogen (secondary N) is 1. The van der Waals surface area contributed by atoms with E-state index in [9.17, 15) is 4.57 Å².